The Kier molecular flexibility index (Phi) is 3.70. The number of nitrogens with two attached hydrogens (primary N) is 1. The molecular formula is C10H10BrFN4O2S. The largest absolute Gasteiger partial charge is 0.297 e. The highest BCUT2D eigenvalue weighted by atomic mass is 79.9. The summed E-state index contributed by atoms with van der Waals surface area (Å²) in [6.07, 6.45) is 0. The summed E-state index contributed by atoms with van der Waals surface area (Å²) in [5.41, 5.74) is 0.145. The van der Waals surface area contributed by atoms with Crippen molar-refractivity contribution < 1.29 is 12.8 Å². The van der Waals surface area contributed by atoms with Gasteiger partial charge in [-0.2, -0.15) is 0 Å². The van der Waals surface area contributed by atoms with E-state index in [-0.39, 0.29) is 23.1 Å². The van der Waals surface area contributed by atoms with Gasteiger partial charge < -0.3 is 0 Å². The van der Waals surface area contributed by atoms with Gasteiger partial charge >= 0.3 is 0 Å². The number of benzene rings is 1. The molecule has 102 valence electrons. The van der Waals surface area contributed by atoms with E-state index >= 15 is 0 Å². The first kappa shape index (κ1) is 14.1. The van der Waals surface area contributed by atoms with Gasteiger partial charge in [0.25, 0.3) is 15.2 Å². The predicted molar refractivity (Wildman–Crippen MR) is 70.2 cm³/mol. The molecule has 0 aliphatic rings. The topological polar surface area (TPSA) is 90.9 Å². The van der Waals surface area contributed by atoms with E-state index in [1.807, 2.05) is 0 Å². The fraction of sp³-hybridized carbons (Fsp3) is 0.200. The van der Waals surface area contributed by atoms with Crippen LogP contribution in [0.4, 0.5) is 4.39 Å². The Bertz CT molecular complexity index is 709. The highest BCUT2D eigenvalue weighted by Crippen LogP contribution is 2.30. The second-order valence-electron chi connectivity index (χ2n) is 3.69. The molecule has 19 heavy (non-hydrogen) atoms. The summed E-state index contributed by atoms with van der Waals surface area (Å²) in [7, 11) is -4.01. The first-order valence-electron chi connectivity index (χ1n) is 5.26. The number of hydrogen-bond acceptors (Lipinski definition) is 4. The van der Waals surface area contributed by atoms with Crippen LogP contribution in [0.5, 0.6) is 0 Å². The van der Waals surface area contributed by atoms with Crippen LogP contribution < -0.4 is 5.14 Å². The molecule has 2 aromatic rings. The highest BCUT2D eigenvalue weighted by Gasteiger charge is 2.23. The van der Waals surface area contributed by atoms with E-state index in [1.54, 1.807) is 13.0 Å². The number of hydrogen-bond donors (Lipinski definition) is 1. The van der Waals surface area contributed by atoms with E-state index in [4.69, 9.17) is 5.14 Å². The molecular weight excluding hydrogens is 339 g/mol. The first-order chi connectivity index (χ1) is 8.86. The number of nitrogens with zero attached hydrogens (tertiary/aromatic N) is 3. The normalized spacial score (nSPS) is 11.8. The van der Waals surface area contributed by atoms with Crippen molar-refractivity contribution in [1.82, 2.24) is 14.8 Å². The lowest BCUT2D eigenvalue weighted by atomic mass is 10.2. The summed E-state index contributed by atoms with van der Waals surface area (Å²) in [5, 5.41) is 11.9. The molecule has 0 radical (unpaired) electrons. The molecule has 0 unspecified atom stereocenters. The Morgan fingerprint density at radius 2 is 2.11 bits per heavy atom. The summed E-state index contributed by atoms with van der Waals surface area (Å²) in [6.45, 7) is 1.94. The molecule has 0 aliphatic heterocycles. The van der Waals surface area contributed by atoms with Gasteiger partial charge in [-0.1, -0.05) is 6.07 Å². The summed E-state index contributed by atoms with van der Waals surface area (Å²) in [4.78, 5) is 0. The second-order valence-corrected chi connectivity index (χ2v) is 6.00. The van der Waals surface area contributed by atoms with Gasteiger partial charge in [-0.25, -0.2) is 17.9 Å². The molecule has 6 nitrogen and oxygen atoms in total. The lowest BCUT2D eigenvalue weighted by molar-refractivity contribution is 0.569. The zero-order valence-electron chi connectivity index (χ0n) is 9.84. The van der Waals surface area contributed by atoms with Gasteiger partial charge in [0.1, 0.15) is 5.82 Å². The number of sulfonamides is 1. The molecule has 0 saturated heterocycles. The molecule has 1 heterocycles. The van der Waals surface area contributed by atoms with Gasteiger partial charge in [0.2, 0.25) is 0 Å². The van der Waals surface area contributed by atoms with Crippen LogP contribution in [0, 0.1) is 5.82 Å². The molecule has 1 aromatic carbocycles. The van der Waals surface area contributed by atoms with Crippen LogP contribution in [-0.4, -0.2) is 23.2 Å². The van der Waals surface area contributed by atoms with Gasteiger partial charge in [0, 0.05) is 11.0 Å². The van der Waals surface area contributed by atoms with Crippen molar-refractivity contribution in [2.45, 2.75) is 18.6 Å². The van der Waals surface area contributed by atoms with Crippen molar-refractivity contribution in [2.75, 3.05) is 0 Å². The summed E-state index contributed by atoms with van der Waals surface area (Å²) in [5.74, 6) is -0.422. The third-order valence-electron chi connectivity index (χ3n) is 2.47. The van der Waals surface area contributed by atoms with E-state index in [9.17, 15) is 12.8 Å². The Balaban J connectivity index is 2.75. The van der Waals surface area contributed by atoms with Crippen LogP contribution in [-0.2, 0) is 16.6 Å². The van der Waals surface area contributed by atoms with Gasteiger partial charge in [-0.15, -0.1) is 10.2 Å². The minimum absolute atomic E-state index is 0.108. The van der Waals surface area contributed by atoms with Gasteiger partial charge in [0.15, 0.2) is 5.82 Å². The standard InChI is InChI=1S/C10H10BrFN4O2S/c1-2-16-9(14-15-10(16)19(13,17)18)8-6(11)4-3-5-7(8)12/h3-5H,2H2,1H3,(H2,13,17,18). The monoisotopic (exact) mass is 348 g/mol. The number of rotatable bonds is 3. The van der Waals surface area contributed by atoms with Gasteiger partial charge in [-0.3, -0.25) is 4.57 Å². The number of aromatic nitrogens is 3. The Hall–Kier alpha value is -1.32. The van der Waals surface area contributed by atoms with E-state index in [1.165, 1.54) is 16.7 Å². The molecule has 2 rings (SSSR count). The molecule has 1 aromatic heterocycles. The van der Waals surface area contributed by atoms with E-state index < -0.39 is 15.8 Å². The summed E-state index contributed by atoms with van der Waals surface area (Å²) in [6, 6.07) is 4.41. The molecule has 2 N–H and O–H groups in total. The summed E-state index contributed by atoms with van der Waals surface area (Å²) >= 11 is 3.21. The van der Waals surface area contributed by atoms with Crippen LogP contribution in [0.15, 0.2) is 27.8 Å². The third-order valence-corrected chi connectivity index (χ3v) is 3.95. The van der Waals surface area contributed by atoms with Crippen molar-refractivity contribution in [3.63, 3.8) is 0 Å². The van der Waals surface area contributed by atoms with E-state index in [0.717, 1.165) is 0 Å². The molecule has 0 bridgehead atoms. The highest BCUT2D eigenvalue weighted by molar-refractivity contribution is 9.10. The molecule has 9 heteroatoms. The van der Waals surface area contributed by atoms with Crippen LogP contribution in [0.1, 0.15) is 6.92 Å². The van der Waals surface area contributed by atoms with Crippen LogP contribution in [0.2, 0.25) is 0 Å². The molecule has 0 aliphatic carbocycles. The van der Waals surface area contributed by atoms with Crippen LogP contribution in [0.25, 0.3) is 11.4 Å². The lowest BCUT2D eigenvalue weighted by Gasteiger charge is -2.08. The average molecular weight is 349 g/mol. The van der Waals surface area contributed by atoms with Crippen LogP contribution >= 0.6 is 15.9 Å². The first-order valence-corrected chi connectivity index (χ1v) is 7.60. The maximum absolute atomic E-state index is 13.9. The number of primary sulfonamides is 1. The number of halogens is 2. The molecule has 0 saturated carbocycles. The minimum atomic E-state index is -4.01. The maximum atomic E-state index is 13.9. The Morgan fingerprint density at radius 3 is 2.63 bits per heavy atom. The van der Waals surface area contributed by atoms with Crippen LogP contribution in [0.3, 0.4) is 0 Å². The smallest absolute Gasteiger partial charge is 0.273 e. The second kappa shape index (κ2) is 4.99. The Morgan fingerprint density at radius 1 is 1.42 bits per heavy atom. The summed E-state index contributed by atoms with van der Waals surface area (Å²) < 4.78 is 38.3. The van der Waals surface area contributed by atoms with Crippen molar-refractivity contribution in [3.05, 3.63) is 28.5 Å². The zero-order chi connectivity index (χ0) is 14.2. The van der Waals surface area contributed by atoms with Gasteiger partial charge in [-0.05, 0) is 35.0 Å². The van der Waals surface area contributed by atoms with Crippen molar-refractivity contribution >= 4 is 26.0 Å². The molecule has 0 atom stereocenters. The average Bonchev–Trinajstić information content (AvgIpc) is 2.72. The lowest BCUT2D eigenvalue weighted by Crippen LogP contribution is -2.18. The van der Waals surface area contributed by atoms with Gasteiger partial charge in [0.05, 0.1) is 5.56 Å². The fourth-order valence-corrected chi connectivity index (χ4v) is 2.88. The quantitative estimate of drug-likeness (QED) is 0.910. The minimum Gasteiger partial charge on any atom is -0.297 e. The maximum Gasteiger partial charge on any atom is 0.273 e. The Labute approximate surface area is 117 Å². The van der Waals surface area contributed by atoms with Crippen molar-refractivity contribution in [3.8, 4) is 11.4 Å². The van der Waals surface area contributed by atoms with Crippen molar-refractivity contribution in [2.24, 2.45) is 5.14 Å². The zero-order valence-corrected chi connectivity index (χ0v) is 12.2. The van der Waals surface area contributed by atoms with E-state index in [2.05, 4.69) is 26.1 Å². The predicted octanol–water partition coefficient (Wildman–Crippen LogP) is 1.51. The van der Waals surface area contributed by atoms with Crippen molar-refractivity contribution in [1.29, 1.82) is 0 Å². The third kappa shape index (κ3) is 2.53. The SMILES string of the molecule is CCn1c(-c2c(F)cccc2Br)nnc1S(N)(=O)=O. The molecule has 0 spiro atoms. The molecule has 0 fully saturated rings. The fourth-order valence-electron chi connectivity index (χ4n) is 1.68. The van der Waals surface area contributed by atoms with E-state index in [0.29, 0.717) is 4.47 Å². The molecule has 0 amide bonds.